The zero-order valence-electron chi connectivity index (χ0n) is 13.5. The highest BCUT2D eigenvalue weighted by atomic mass is 35.5. The van der Waals surface area contributed by atoms with Gasteiger partial charge in [0.25, 0.3) is 0 Å². The molecule has 1 aromatic carbocycles. The Morgan fingerprint density at radius 3 is 2.76 bits per heavy atom. The lowest BCUT2D eigenvalue weighted by Gasteiger charge is -2.08. The van der Waals surface area contributed by atoms with Gasteiger partial charge in [-0.3, -0.25) is 9.59 Å². The number of nitrogens with two attached hydrogens (primary N) is 1. The number of hydrogen-bond acceptors (Lipinski definition) is 5. The predicted molar refractivity (Wildman–Crippen MR) is 99.0 cm³/mol. The van der Waals surface area contributed by atoms with E-state index in [2.05, 4.69) is 15.5 Å². The van der Waals surface area contributed by atoms with Crippen molar-refractivity contribution in [3.8, 4) is 0 Å². The number of aryl methyl sites for hydroxylation is 1. The Bertz CT molecular complexity index is 781. The minimum atomic E-state index is -0.391. The topological polar surface area (TPSA) is 103 Å². The van der Waals surface area contributed by atoms with Gasteiger partial charge in [0.1, 0.15) is 5.82 Å². The highest BCUT2D eigenvalue weighted by Gasteiger charge is 2.14. The third kappa shape index (κ3) is 5.62. The minimum Gasteiger partial charge on any atom is -0.370 e. The molecule has 0 spiro atoms. The number of carbonyl (C=O) groups excluding carboxylic acids is 2. The van der Waals surface area contributed by atoms with Gasteiger partial charge in [0.2, 0.25) is 11.8 Å². The van der Waals surface area contributed by atoms with E-state index in [-0.39, 0.29) is 18.1 Å². The molecule has 10 heteroatoms. The third-order valence-corrected chi connectivity index (χ3v) is 4.77. The average Bonchev–Trinajstić information content (AvgIpc) is 2.96. The maximum atomic E-state index is 12.1. The standard InChI is InChI=1S/C15H17Cl2N5O2S/c1-2-22-13(6-5-12(18)23)20-21-15(22)25-8-14(24)19-11-7-9(16)3-4-10(11)17/h3-4,7H,2,5-6,8H2,1H3,(H2,18,23)(H,19,24). The number of anilines is 1. The van der Waals surface area contributed by atoms with Crippen LogP contribution in [0.5, 0.6) is 0 Å². The van der Waals surface area contributed by atoms with E-state index in [9.17, 15) is 9.59 Å². The Balaban J connectivity index is 1.97. The fraction of sp³-hybridized carbons (Fsp3) is 0.333. The molecular weight excluding hydrogens is 385 g/mol. The first-order chi connectivity index (χ1) is 11.9. The van der Waals surface area contributed by atoms with E-state index in [0.717, 1.165) is 0 Å². The van der Waals surface area contributed by atoms with Gasteiger partial charge in [-0.2, -0.15) is 0 Å². The zero-order valence-corrected chi connectivity index (χ0v) is 15.8. The second-order valence-corrected chi connectivity index (χ2v) is 6.86. The van der Waals surface area contributed by atoms with E-state index in [1.165, 1.54) is 11.8 Å². The second-order valence-electron chi connectivity index (χ2n) is 5.07. The van der Waals surface area contributed by atoms with Gasteiger partial charge in [0, 0.05) is 24.4 Å². The SMILES string of the molecule is CCn1c(CCC(N)=O)nnc1SCC(=O)Nc1cc(Cl)ccc1Cl. The number of carbonyl (C=O) groups is 2. The van der Waals surface area contributed by atoms with Crippen LogP contribution >= 0.6 is 35.0 Å². The highest BCUT2D eigenvalue weighted by molar-refractivity contribution is 7.99. The molecule has 0 radical (unpaired) electrons. The molecule has 0 fully saturated rings. The number of rotatable bonds is 8. The number of benzene rings is 1. The molecule has 0 bridgehead atoms. The van der Waals surface area contributed by atoms with E-state index in [1.54, 1.807) is 18.2 Å². The Morgan fingerprint density at radius 2 is 2.08 bits per heavy atom. The van der Waals surface area contributed by atoms with Crippen molar-refractivity contribution in [1.29, 1.82) is 0 Å². The van der Waals surface area contributed by atoms with E-state index < -0.39 is 5.91 Å². The minimum absolute atomic E-state index is 0.136. The smallest absolute Gasteiger partial charge is 0.234 e. The van der Waals surface area contributed by atoms with Gasteiger partial charge in [-0.25, -0.2) is 0 Å². The van der Waals surface area contributed by atoms with Crippen LogP contribution in [0, 0.1) is 0 Å². The fourth-order valence-corrected chi connectivity index (χ4v) is 3.23. The summed E-state index contributed by atoms with van der Waals surface area (Å²) in [6, 6.07) is 4.85. The molecule has 0 aliphatic heterocycles. The number of nitrogens with one attached hydrogen (secondary N) is 1. The Kier molecular flexibility index (Phi) is 7.10. The lowest BCUT2D eigenvalue weighted by molar-refractivity contribution is -0.118. The summed E-state index contributed by atoms with van der Waals surface area (Å²) < 4.78 is 1.85. The van der Waals surface area contributed by atoms with Crippen molar-refractivity contribution in [2.45, 2.75) is 31.5 Å². The normalized spacial score (nSPS) is 10.7. The molecule has 1 heterocycles. The first kappa shape index (κ1) is 19.6. The quantitative estimate of drug-likeness (QED) is 0.661. The zero-order chi connectivity index (χ0) is 18.4. The predicted octanol–water partition coefficient (Wildman–Crippen LogP) is 2.75. The van der Waals surface area contributed by atoms with E-state index in [0.29, 0.717) is 39.7 Å². The molecule has 25 heavy (non-hydrogen) atoms. The lowest BCUT2D eigenvalue weighted by Crippen LogP contribution is -2.15. The van der Waals surface area contributed by atoms with Crippen molar-refractivity contribution >= 4 is 52.5 Å². The van der Waals surface area contributed by atoms with Crippen LogP contribution in [0.1, 0.15) is 19.2 Å². The maximum absolute atomic E-state index is 12.1. The van der Waals surface area contributed by atoms with Gasteiger partial charge in [-0.1, -0.05) is 35.0 Å². The summed E-state index contributed by atoms with van der Waals surface area (Å²) in [5.41, 5.74) is 5.62. The van der Waals surface area contributed by atoms with Gasteiger partial charge < -0.3 is 15.6 Å². The highest BCUT2D eigenvalue weighted by Crippen LogP contribution is 2.26. The molecule has 7 nitrogen and oxygen atoms in total. The summed E-state index contributed by atoms with van der Waals surface area (Å²) in [4.78, 5) is 23.0. The number of thioether (sulfide) groups is 1. The molecule has 0 aliphatic rings. The summed E-state index contributed by atoms with van der Waals surface area (Å²) in [5.74, 6) is 0.176. The molecule has 0 unspecified atom stereocenters. The summed E-state index contributed by atoms with van der Waals surface area (Å²) in [5, 5.41) is 12.3. The van der Waals surface area contributed by atoms with Crippen molar-refractivity contribution in [2.24, 2.45) is 5.73 Å². The van der Waals surface area contributed by atoms with Crippen molar-refractivity contribution in [1.82, 2.24) is 14.8 Å². The molecule has 2 rings (SSSR count). The molecule has 2 aromatic rings. The molecular formula is C15H17Cl2N5O2S. The van der Waals surface area contributed by atoms with Crippen LogP contribution < -0.4 is 11.1 Å². The Hall–Kier alpha value is -1.77. The van der Waals surface area contributed by atoms with Crippen molar-refractivity contribution in [3.63, 3.8) is 0 Å². The number of halogens is 2. The van der Waals surface area contributed by atoms with Crippen LogP contribution in [0.3, 0.4) is 0 Å². The van der Waals surface area contributed by atoms with Crippen LogP contribution in [0.15, 0.2) is 23.4 Å². The summed E-state index contributed by atoms with van der Waals surface area (Å²) in [6.07, 6.45) is 0.623. The van der Waals surface area contributed by atoms with Crippen LogP contribution in [0.25, 0.3) is 0 Å². The summed E-state index contributed by atoms with van der Waals surface area (Å²) in [6.45, 7) is 2.57. The van der Waals surface area contributed by atoms with Crippen LogP contribution in [0.2, 0.25) is 10.0 Å². The number of hydrogen-bond donors (Lipinski definition) is 2. The molecule has 134 valence electrons. The Morgan fingerprint density at radius 1 is 1.32 bits per heavy atom. The number of nitrogens with zero attached hydrogens (tertiary/aromatic N) is 3. The molecule has 0 atom stereocenters. The number of amides is 2. The molecule has 2 amide bonds. The van der Waals surface area contributed by atoms with Gasteiger partial charge in [-0.15, -0.1) is 10.2 Å². The summed E-state index contributed by atoms with van der Waals surface area (Å²) in [7, 11) is 0. The average molecular weight is 402 g/mol. The Labute approximate surface area is 159 Å². The molecule has 1 aromatic heterocycles. The summed E-state index contributed by atoms with van der Waals surface area (Å²) >= 11 is 13.2. The van der Waals surface area contributed by atoms with Gasteiger partial charge in [-0.05, 0) is 25.1 Å². The molecule has 0 saturated carbocycles. The first-order valence-corrected chi connectivity index (χ1v) is 9.23. The maximum Gasteiger partial charge on any atom is 0.234 e. The van der Waals surface area contributed by atoms with Crippen LogP contribution in [-0.4, -0.2) is 32.3 Å². The van der Waals surface area contributed by atoms with Gasteiger partial charge >= 0.3 is 0 Å². The molecule has 0 saturated heterocycles. The van der Waals surface area contributed by atoms with Crippen molar-refractivity contribution < 1.29 is 9.59 Å². The van der Waals surface area contributed by atoms with Crippen LogP contribution in [0.4, 0.5) is 5.69 Å². The van der Waals surface area contributed by atoms with Crippen molar-refractivity contribution in [2.75, 3.05) is 11.1 Å². The molecule has 3 N–H and O–H groups in total. The third-order valence-electron chi connectivity index (χ3n) is 3.24. The number of aromatic nitrogens is 3. The lowest BCUT2D eigenvalue weighted by atomic mass is 10.3. The monoisotopic (exact) mass is 401 g/mol. The second kappa shape index (κ2) is 9.07. The fourth-order valence-electron chi connectivity index (χ4n) is 2.07. The van der Waals surface area contributed by atoms with Gasteiger partial charge in [0.05, 0.1) is 16.5 Å². The van der Waals surface area contributed by atoms with Crippen LogP contribution in [-0.2, 0) is 22.6 Å². The van der Waals surface area contributed by atoms with Gasteiger partial charge in [0.15, 0.2) is 5.16 Å². The number of primary amides is 1. The largest absolute Gasteiger partial charge is 0.370 e. The van der Waals surface area contributed by atoms with E-state index >= 15 is 0 Å². The van der Waals surface area contributed by atoms with E-state index in [4.69, 9.17) is 28.9 Å². The van der Waals surface area contributed by atoms with Crippen molar-refractivity contribution in [3.05, 3.63) is 34.1 Å². The molecule has 0 aliphatic carbocycles. The first-order valence-electron chi connectivity index (χ1n) is 7.48. The van der Waals surface area contributed by atoms with E-state index in [1.807, 2.05) is 11.5 Å².